The summed E-state index contributed by atoms with van der Waals surface area (Å²) in [6, 6.07) is 8.40. The second kappa shape index (κ2) is 6.69. The number of benzene rings is 2. The molecule has 2 rings (SSSR count). The van der Waals surface area contributed by atoms with Crippen molar-refractivity contribution < 1.29 is 22.9 Å². The number of hydrogen-bond acceptors (Lipinski definition) is 3. The first kappa shape index (κ1) is 17.5. The number of alkyl halides is 3. The Hall–Kier alpha value is -2.90. The Balaban J connectivity index is 2.36. The van der Waals surface area contributed by atoms with Crippen LogP contribution in [-0.2, 0) is 0 Å². The predicted octanol–water partition coefficient (Wildman–Crippen LogP) is 3.94. The standard InChI is InChI=1S/C16H13F3N2O3/c1-10-12(8-5-9-13(10)21(23)24)15(22)20-14(16(17,18)19)11-6-3-2-4-7-11/h2-9,14H,1H3,(H,20,22). The number of carbonyl (C=O) groups excluding carboxylic acids is 1. The molecule has 1 atom stereocenters. The Morgan fingerprint density at radius 2 is 1.75 bits per heavy atom. The molecule has 2 aromatic carbocycles. The highest BCUT2D eigenvalue weighted by molar-refractivity contribution is 5.96. The van der Waals surface area contributed by atoms with Crippen LogP contribution in [0.3, 0.4) is 0 Å². The fraction of sp³-hybridized carbons (Fsp3) is 0.188. The van der Waals surface area contributed by atoms with Crippen molar-refractivity contribution in [2.75, 3.05) is 0 Å². The second-order valence-electron chi connectivity index (χ2n) is 5.07. The largest absolute Gasteiger partial charge is 0.412 e. The van der Waals surface area contributed by atoms with E-state index in [2.05, 4.69) is 0 Å². The zero-order chi connectivity index (χ0) is 17.9. The molecular formula is C16H13F3N2O3. The highest BCUT2D eigenvalue weighted by Crippen LogP contribution is 2.33. The van der Waals surface area contributed by atoms with Gasteiger partial charge in [-0.25, -0.2) is 0 Å². The molecular weight excluding hydrogens is 325 g/mol. The maximum absolute atomic E-state index is 13.3. The fourth-order valence-electron chi connectivity index (χ4n) is 2.28. The number of nitrogens with one attached hydrogen (secondary N) is 1. The van der Waals surface area contributed by atoms with E-state index >= 15 is 0 Å². The van der Waals surface area contributed by atoms with Gasteiger partial charge in [0.05, 0.1) is 4.92 Å². The van der Waals surface area contributed by atoms with Crippen molar-refractivity contribution in [2.24, 2.45) is 0 Å². The van der Waals surface area contributed by atoms with Crippen LogP contribution in [-0.4, -0.2) is 17.0 Å². The maximum Gasteiger partial charge on any atom is 0.412 e. The van der Waals surface area contributed by atoms with Gasteiger partial charge in [-0.15, -0.1) is 0 Å². The van der Waals surface area contributed by atoms with Gasteiger partial charge in [0, 0.05) is 17.2 Å². The maximum atomic E-state index is 13.3. The number of halogens is 3. The van der Waals surface area contributed by atoms with Crippen molar-refractivity contribution >= 4 is 11.6 Å². The summed E-state index contributed by atoms with van der Waals surface area (Å²) in [6.07, 6.45) is -4.70. The van der Waals surface area contributed by atoms with Gasteiger partial charge >= 0.3 is 6.18 Å². The van der Waals surface area contributed by atoms with E-state index < -0.39 is 23.0 Å². The summed E-state index contributed by atoms with van der Waals surface area (Å²) in [5.74, 6) is -1.03. The van der Waals surface area contributed by atoms with Crippen LogP contribution in [0, 0.1) is 17.0 Å². The first-order chi connectivity index (χ1) is 11.2. The summed E-state index contributed by atoms with van der Waals surface area (Å²) < 4.78 is 39.8. The lowest BCUT2D eigenvalue weighted by Crippen LogP contribution is -2.38. The average Bonchev–Trinajstić information content (AvgIpc) is 2.52. The van der Waals surface area contributed by atoms with E-state index in [1.807, 2.05) is 5.32 Å². The zero-order valence-electron chi connectivity index (χ0n) is 12.5. The van der Waals surface area contributed by atoms with Crippen LogP contribution in [0.4, 0.5) is 18.9 Å². The quantitative estimate of drug-likeness (QED) is 0.678. The molecule has 0 saturated heterocycles. The third-order valence-corrected chi connectivity index (χ3v) is 3.48. The van der Waals surface area contributed by atoms with Crippen molar-refractivity contribution in [1.29, 1.82) is 0 Å². The lowest BCUT2D eigenvalue weighted by Gasteiger charge is -2.22. The minimum Gasteiger partial charge on any atom is -0.337 e. The molecule has 126 valence electrons. The van der Waals surface area contributed by atoms with E-state index in [0.29, 0.717) is 0 Å². The van der Waals surface area contributed by atoms with Crippen LogP contribution in [0.25, 0.3) is 0 Å². The molecule has 0 heterocycles. The molecule has 0 aliphatic heterocycles. The van der Waals surface area contributed by atoms with Crippen LogP contribution >= 0.6 is 0 Å². The minimum absolute atomic E-state index is 0.00832. The summed E-state index contributed by atoms with van der Waals surface area (Å²) in [5.41, 5.74) is -0.615. The van der Waals surface area contributed by atoms with Gasteiger partial charge in [0.15, 0.2) is 6.04 Å². The molecule has 24 heavy (non-hydrogen) atoms. The number of nitrogens with zero attached hydrogens (tertiary/aromatic N) is 1. The van der Waals surface area contributed by atoms with E-state index in [1.54, 1.807) is 6.07 Å². The second-order valence-corrected chi connectivity index (χ2v) is 5.07. The van der Waals surface area contributed by atoms with Crippen LogP contribution in [0.5, 0.6) is 0 Å². The van der Waals surface area contributed by atoms with Gasteiger partial charge in [-0.1, -0.05) is 36.4 Å². The van der Waals surface area contributed by atoms with Gasteiger partial charge in [-0.3, -0.25) is 14.9 Å². The minimum atomic E-state index is -4.70. The summed E-state index contributed by atoms with van der Waals surface area (Å²) in [4.78, 5) is 22.4. The van der Waals surface area contributed by atoms with Crippen LogP contribution < -0.4 is 5.32 Å². The van der Waals surface area contributed by atoms with Crippen LogP contribution in [0.15, 0.2) is 48.5 Å². The number of carbonyl (C=O) groups is 1. The summed E-state index contributed by atoms with van der Waals surface area (Å²) >= 11 is 0. The third-order valence-electron chi connectivity index (χ3n) is 3.48. The molecule has 0 saturated carbocycles. The Bertz CT molecular complexity index is 761. The number of nitro groups is 1. The average molecular weight is 338 g/mol. The Morgan fingerprint density at radius 1 is 1.12 bits per heavy atom. The number of rotatable bonds is 4. The normalized spacial score (nSPS) is 12.5. The van der Waals surface area contributed by atoms with Crippen molar-refractivity contribution in [1.82, 2.24) is 5.32 Å². The molecule has 0 aromatic heterocycles. The first-order valence-corrected chi connectivity index (χ1v) is 6.88. The SMILES string of the molecule is Cc1c(C(=O)NC(c2ccccc2)C(F)(F)F)cccc1[N+](=O)[O-]. The smallest absolute Gasteiger partial charge is 0.337 e. The van der Waals surface area contributed by atoms with Crippen molar-refractivity contribution in [2.45, 2.75) is 19.1 Å². The van der Waals surface area contributed by atoms with Gasteiger partial charge in [0.1, 0.15) is 0 Å². The van der Waals surface area contributed by atoms with Gasteiger partial charge in [0.25, 0.3) is 11.6 Å². The number of amides is 1. The molecule has 5 nitrogen and oxygen atoms in total. The highest BCUT2D eigenvalue weighted by atomic mass is 19.4. The Morgan fingerprint density at radius 3 is 2.29 bits per heavy atom. The Kier molecular flexibility index (Phi) is 4.87. The molecule has 0 aliphatic carbocycles. The van der Waals surface area contributed by atoms with E-state index in [-0.39, 0.29) is 22.4 Å². The molecule has 0 radical (unpaired) electrons. The molecule has 1 amide bonds. The molecule has 1 unspecified atom stereocenters. The fourth-order valence-corrected chi connectivity index (χ4v) is 2.28. The van der Waals surface area contributed by atoms with Crippen molar-refractivity contribution in [3.8, 4) is 0 Å². The van der Waals surface area contributed by atoms with E-state index in [9.17, 15) is 28.1 Å². The van der Waals surface area contributed by atoms with E-state index in [0.717, 1.165) is 0 Å². The van der Waals surface area contributed by atoms with Gasteiger partial charge in [0.2, 0.25) is 0 Å². The van der Waals surface area contributed by atoms with E-state index in [1.165, 1.54) is 49.4 Å². The molecule has 1 N–H and O–H groups in total. The monoisotopic (exact) mass is 338 g/mol. The zero-order valence-corrected chi connectivity index (χ0v) is 12.5. The van der Waals surface area contributed by atoms with Gasteiger partial charge in [-0.2, -0.15) is 13.2 Å². The molecule has 2 aromatic rings. The summed E-state index contributed by atoms with van der Waals surface area (Å²) in [5, 5.41) is 12.8. The topological polar surface area (TPSA) is 72.2 Å². The van der Waals surface area contributed by atoms with Crippen molar-refractivity contribution in [3.05, 3.63) is 75.3 Å². The van der Waals surface area contributed by atoms with Crippen LogP contribution in [0.2, 0.25) is 0 Å². The predicted molar refractivity (Wildman–Crippen MR) is 80.5 cm³/mol. The lowest BCUT2D eigenvalue weighted by molar-refractivity contribution is -0.385. The Labute approximate surface area is 135 Å². The summed E-state index contributed by atoms with van der Waals surface area (Å²) in [7, 11) is 0. The molecule has 8 heteroatoms. The molecule has 0 bridgehead atoms. The lowest BCUT2D eigenvalue weighted by atomic mass is 10.0. The molecule has 0 spiro atoms. The van der Waals surface area contributed by atoms with E-state index in [4.69, 9.17) is 0 Å². The van der Waals surface area contributed by atoms with Crippen molar-refractivity contribution in [3.63, 3.8) is 0 Å². The molecule has 0 aliphatic rings. The third kappa shape index (κ3) is 3.70. The number of hydrogen-bond donors (Lipinski definition) is 1. The van der Waals surface area contributed by atoms with Gasteiger partial charge in [-0.05, 0) is 18.6 Å². The first-order valence-electron chi connectivity index (χ1n) is 6.88. The number of nitro benzene ring substituents is 1. The van der Waals surface area contributed by atoms with Gasteiger partial charge < -0.3 is 5.32 Å². The van der Waals surface area contributed by atoms with Crippen LogP contribution in [0.1, 0.15) is 27.5 Å². The molecule has 0 fully saturated rings. The summed E-state index contributed by atoms with van der Waals surface area (Å²) in [6.45, 7) is 1.32. The highest BCUT2D eigenvalue weighted by Gasteiger charge is 2.42.